The zero-order valence-electron chi connectivity index (χ0n) is 18.7. The molecule has 3 aliphatic rings. The maximum Gasteiger partial charge on any atom is 0.574 e. The molecule has 0 aliphatic heterocycles. The molecule has 0 spiro atoms. The third kappa shape index (κ3) is 5.96. The van der Waals surface area contributed by atoms with Crippen LogP contribution in [0.5, 0.6) is 11.6 Å². The fourth-order valence-corrected chi connectivity index (χ4v) is 4.99. The fraction of sp³-hybridized carbons (Fsp3) is 0.435. The van der Waals surface area contributed by atoms with Gasteiger partial charge in [0, 0.05) is 23.9 Å². The molecule has 1 heterocycles. The molecule has 2 aromatic rings. The van der Waals surface area contributed by atoms with Gasteiger partial charge in [0.05, 0.1) is 27.3 Å². The third-order valence-electron chi connectivity index (χ3n) is 6.57. The van der Waals surface area contributed by atoms with E-state index in [0.717, 1.165) is 12.3 Å². The molecule has 3 fully saturated rings. The second-order valence-electron chi connectivity index (χ2n) is 8.96. The molecule has 3 saturated carbocycles. The van der Waals surface area contributed by atoms with Crippen LogP contribution in [0.3, 0.4) is 0 Å². The summed E-state index contributed by atoms with van der Waals surface area (Å²) in [5, 5.41) is 17.3. The summed E-state index contributed by atoms with van der Waals surface area (Å²) in [7, 11) is 0. The summed E-state index contributed by atoms with van der Waals surface area (Å²) < 4.78 is 46.1. The van der Waals surface area contributed by atoms with Gasteiger partial charge >= 0.3 is 6.36 Å². The van der Waals surface area contributed by atoms with Crippen LogP contribution < -0.4 is 20.1 Å². The first-order valence-corrected chi connectivity index (χ1v) is 11.8. The van der Waals surface area contributed by atoms with Crippen molar-refractivity contribution < 1.29 is 37.3 Å². The molecule has 3 N–H and O–H groups in total. The molecule has 36 heavy (non-hydrogen) atoms. The van der Waals surface area contributed by atoms with Crippen LogP contribution in [-0.4, -0.2) is 52.1 Å². The molecule has 13 heteroatoms. The Bertz CT molecular complexity index is 1140. The van der Waals surface area contributed by atoms with Gasteiger partial charge in [-0.15, -0.1) is 13.2 Å². The number of aliphatic hydroxyl groups is 1. The average molecular weight is 548 g/mol. The lowest BCUT2D eigenvalue weighted by atomic mass is 9.60. The number of halogens is 5. The summed E-state index contributed by atoms with van der Waals surface area (Å²) in [6.45, 7) is -0.282. The highest BCUT2D eigenvalue weighted by atomic mass is 35.5. The second-order valence-corrected chi connectivity index (χ2v) is 9.77. The number of aliphatic hydroxyl groups excluding tert-OH is 1. The van der Waals surface area contributed by atoms with Crippen LogP contribution >= 0.6 is 23.2 Å². The SMILES string of the molecule is O=C(COc1ccc(Cl)c(Cl)c1)NC12CCC(NC(=O)c3ccc(OC(F)(F)F)nc3)(CC1)C[C@@H]2O. The van der Waals surface area contributed by atoms with Gasteiger partial charge in [0.25, 0.3) is 11.8 Å². The zero-order valence-corrected chi connectivity index (χ0v) is 20.2. The molecule has 0 saturated heterocycles. The number of benzene rings is 1. The Kier molecular flexibility index (Phi) is 7.27. The molecule has 5 rings (SSSR count). The number of carbonyl (C=O) groups excluding carboxylic acids is 2. The van der Waals surface area contributed by atoms with Crippen molar-refractivity contribution in [3.8, 4) is 11.6 Å². The van der Waals surface area contributed by atoms with Gasteiger partial charge in [-0.1, -0.05) is 23.2 Å². The Balaban J connectivity index is 1.32. The van der Waals surface area contributed by atoms with E-state index in [1.165, 1.54) is 12.1 Å². The van der Waals surface area contributed by atoms with Gasteiger partial charge in [0.1, 0.15) is 5.75 Å². The largest absolute Gasteiger partial charge is 0.574 e. The van der Waals surface area contributed by atoms with Crippen LogP contribution in [0.4, 0.5) is 13.2 Å². The highest BCUT2D eigenvalue weighted by Crippen LogP contribution is 2.47. The summed E-state index contributed by atoms with van der Waals surface area (Å²) in [5.74, 6) is -1.24. The van der Waals surface area contributed by atoms with Crippen LogP contribution in [0.1, 0.15) is 42.5 Å². The molecule has 0 unspecified atom stereocenters. The minimum Gasteiger partial charge on any atom is -0.484 e. The number of rotatable bonds is 7. The van der Waals surface area contributed by atoms with Crippen molar-refractivity contribution in [1.29, 1.82) is 0 Å². The summed E-state index contributed by atoms with van der Waals surface area (Å²) in [6.07, 6.45) is -2.78. The van der Waals surface area contributed by atoms with E-state index >= 15 is 0 Å². The van der Waals surface area contributed by atoms with Gasteiger partial charge in [0.2, 0.25) is 5.88 Å². The maximum atomic E-state index is 12.7. The fourth-order valence-electron chi connectivity index (χ4n) is 4.70. The number of hydrogen-bond acceptors (Lipinski definition) is 6. The summed E-state index contributed by atoms with van der Waals surface area (Å²) >= 11 is 11.8. The summed E-state index contributed by atoms with van der Waals surface area (Å²) in [4.78, 5) is 28.8. The van der Waals surface area contributed by atoms with E-state index < -0.39 is 41.2 Å². The van der Waals surface area contributed by atoms with Crippen LogP contribution in [0, 0.1) is 0 Å². The van der Waals surface area contributed by atoms with Gasteiger partial charge < -0.3 is 25.2 Å². The van der Waals surface area contributed by atoms with E-state index in [1.807, 2.05) is 0 Å². The maximum absolute atomic E-state index is 12.7. The topological polar surface area (TPSA) is 110 Å². The highest BCUT2D eigenvalue weighted by Gasteiger charge is 2.55. The number of amides is 2. The lowest BCUT2D eigenvalue weighted by Gasteiger charge is -2.56. The smallest absolute Gasteiger partial charge is 0.484 e. The van der Waals surface area contributed by atoms with E-state index in [-0.39, 0.29) is 18.6 Å². The number of pyridine rings is 1. The summed E-state index contributed by atoms with van der Waals surface area (Å²) in [6, 6.07) is 6.77. The molecule has 2 bridgehead atoms. The Hall–Kier alpha value is -2.76. The first-order chi connectivity index (χ1) is 16.9. The number of fused-ring (bicyclic) bond motifs is 3. The van der Waals surface area contributed by atoms with E-state index in [1.54, 1.807) is 12.1 Å². The number of aromatic nitrogens is 1. The van der Waals surface area contributed by atoms with Crippen molar-refractivity contribution in [2.45, 2.75) is 55.6 Å². The lowest BCUT2D eigenvalue weighted by Crippen LogP contribution is -2.70. The third-order valence-corrected chi connectivity index (χ3v) is 7.31. The number of hydrogen-bond donors (Lipinski definition) is 3. The number of ether oxygens (including phenoxy) is 2. The standard InChI is InChI=1S/C23H22Cl2F3N3O5/c24-15-3-2-14(9-16(15)25)35-12-18(33)30-22-7-5-21(6-8-22,10-17(22)32)31-20(34)13-1-4-19(29-11-13)36-23(26,27)28/h1-4,9,11,17,32H,5-8,10,12H2,(H,30,33)(H,31,34)/t17-,21?,22?/m0/s1. The monoisotopic (exact) mass is 547 g/mol. The van der Waals surface area contributed by atoms with Crippen molar-refractivity contribution >= 4 is 35.0 Å². The van der Waals surface area contributed by atoms with Gasteiger partial charge in [-0.25, -0.2) is 4.98 Å². The van der Waals surface area contributed by atoms with Crippen molar-refractivity contribution in [3.05, 3.63) is 52.1 Å². The van der Waals surface area contributed by atoms with E-state index in [2.05, 4.69) is 20.4 Å². The van der Waals surface area contributed by atoms with Crippen LogP contribution in [0.2, 0.25) is 10.0 Å². The van der Waals surface area contributed by atoms with Crippen LogP contribution in [-0.2, 0) is 4.79 Å². The highest BCUT2D eigenvalue weighted by molar-refractivity contribution is 6.42. The number of alkyl halides is 3. The van der Waals surface area contributed by atoms with Crippen molar-refractivity contribution in [3.63, 3.8) is 0 Å². The number of carbonyl (C=O) groups is 2. The average Bonchev–Trinajstić information content (AvgIpc) is 2.80. The second kappa shape index (κ2) is 9.95. The van der Waals surface area contributed by atoms with Crippen molar-refractivity contribution in [2.24, 2.45) is 0 Å². The van der Waals surface area contributed by atoms with E-state index in [9.17, 15) is 27.9 Å². The minimum absolute atomic E-state index is 0.0588. The van der Waals surface area contributed by atoms with Crippen LogP contribution in [0.15, 0.2) is 36.5 Å². The van der Waals surface area contributed by atoms with Gasteiger partial charge in [-0.05, 0) is 50.3 Å². The number of nitrogens with one attached hydrogen (secondary N) is 2. The first kappa shape index (κ1) is 26.3. The van der Waals surface area contributed by atoms with E-state index in [4.69, 9.17) is 27.9 Å². The van der Waals surface area contributed by atoms with Gasteiger partial charge in [-0.3, -0.25) is 9.59 Å². The molecule has 1 aromatic heterocycles. The molecular weight excluding hydrogens is 526 g/mol. The predicted molar refractivity (Wildman–Crippen MR) is 123 cm³/mol. The predicted octanol–water partition coefficient (Wildman–Crippen LogP) is 4.03. The Morgan fingerprint density at radius 3 is 2.39 bits per heavy atom. The Morgan fingerprint density at radius 2 is 1.81 bits per heavy atom. The van der Waals surface area contributed by atoms with Gasteiger partial charge in [-0.2, -0.15) is 0 Å². The molecule has 1 atom stereocenters. The van der Waals surface area contributed by atoms with Crippen molar-refractivity contribution in [1.82, 2.24) is 15.6 Å². The minimum atomic E-state index is -4.88. The first-order valence-electron chi connectivity index (χ1n) is 11.0. The zero-order chi connectivity index (χ0) is 26.1. The quantitative estimate of drug-likeness (QED) is 0.482. The lowest BCUT2D eigenvalue weighted by molar-refractivity contribution is -0.276. The molecule has 194 valence electrons. The molecule has 0 radical (unpaired) electrons. The molecule has 1 aromatic carbocycles. The van der Waals surface area contributed by atoms with Crippen LogP contribution in [0.25, 0.3) is 0 Å². The number of nitrogens with zero attached hydrogens (tertiary/aromatic N) is 1. The molecule has 2 amide bonds. The molecule has 3 aliphatic carbocycles. The normalized spacial score (nSPS) is 25.2. The van der Waals surface area contributed by atoms with E-state index in [0.29, 0.717) is 41.5 Å². The van der Waals surface area contributed by atoms with Crippen molar-refractivity contribution in [2.75, 3.05) is 6.61 Å². The molecule has 8 nitrogen and oxygen atoms in total. The van der Waals surface area contributed by atoms with Gasteiger partial charge in [0.15, 0.2) is 6.61 Å². The Morgan fingerprint density at radius 1 is 1.08 bits per heavy atom. The summed E-state index contributed by atoms with van der Waals surface area (Å²) in [5.41, 5.74) is -1.49. The Labute approximate surface area is 214 Å². The molecular formula is C23H22Cl2F3N3O5.